The maximum atomic E-state index is 5.32. The summed E-state index contributed by atoms with van der Waals surface area (Å²) in [5.41, 5.74) is 0. The minimum absolute atomic E-state index is 0.710. The van der Waals surface area contributed by atoms with Crippen LogP contribution in [0, 0.1) is 5.92 Å². The highest BCUT2D eigenvalue weighted by Crippen LogP contribution is 2.12. The summed E-state index contributed by atoms with van der Waals surface area (Å²) in [5, 5.41) is 4.44. The third-order valence-corrected chi connectivity index (χ3v) is 3.44. The van der Waals surface area contributed by atoms with Crippen LogP contribution in [-0.2, 0) is 4.74 Å². The molecule has 0 saturated carbocycles. The Bertz CT molecular complexity index is 291. The maximum absolute atomic E-state index is 5.32. The second-order valence-corrected chi connectivity index (χ2v) is 4.94. The third-order valence-electron chi connectivity index (χ3n) is 2.53. The van der Waals surface area contributed by atoms with Gasteiger partial charge in [0.25, 0.3) is 0 Å². The smallest absolute Gasteiger partial charge is 0.114 e. The van der Waals surface area contributed by atoms with Gasteiger partial charge in [0, 0.05) is 37.8 Å². The van der Waals surface area contributed by atoms with E-state index in [1.54, 1.807) is 30.4 Å². The van der Waals surface area contributed by atoms with E-state index < -0.39 is 0 Å². The molecule has 1 unspecified atom stereocenters. The van der Waals surface area contributed by atoms with Crippen LogP contribution in [0.15, 0.2) is 23.6 Å². The molecule has 88 valence electrons. The van der Waals surface area contributed by atoms with Crippen LogP contribution < -0.4 is 5.32 Å². The molecule has 2 heterocycles. The maximum Gasteiger partial charge on any atom is 0.114 e. The summed E-state index contributed by atoms with van der Waals surface area (Å²) in [5.74, 6) is 1.74. The topological polar surface area (TPSA) is 47.0 Å². The van der Waals surface area contributed by atoms with Gasteiger partial charge in [-0.15, -0.1) is 11.8 Å². The lowest BCUT2D eigenvalue weighted by Crippen LogP contribution is -2.25. The average Bonchev–Trinajstić information content (AvgIpc) is 2.83. The monoisotopic (exact) mass is 239 g/mol. The third kappa shape index (κ3) is 4.08. The Hall–Kier alpha value is -0.650. The van der Waals surface area contributed by atoms with Gasteiger partial charge in [0.15, 0.2) is 0 Å². The van der Waals surface area contributed by atoms with Crippen LogP contribution in [0.1, 0.15) is 6.42 Å². The molecule has 1 atom stereocenters. The van der Waals surface area contributed by atoms with Gasteiger partial charge >= 0.3 is 0 Å². The van der Waals surface area contributed by atoms with Gasteiger partial charge in [-0.05, 0) is 12.3 Å². The van der Waals surface area contributed by atoms with Crippen molar-refractivity contribution in [1.82, 2.24) is 15.3 Å². The predicted molar refractivity (Wildman–Crippen MR) is 64.6 cm³/mol. The molecular weight excluding hydrogens is 222 g/mol. The summed E-state index contributed by atoms with van der Waals surface area (Å²) in [6.07, 6.45) is 6.42. The van der Waals surface area contributed by atoms with Crippen LogP contribution in [0.5, 0.6) is 0 Å². The van der Waals surface area contributed by atoms with Crippen LogP contribution in [-0.4, -0.2) is 42.0 Å². The molecule has 0 spiro atoms. The van der Waals surface area contributed by atoms with E-state index in [0.717, 1.165) is 37.1 Å². The molecular formula is C11H17N3OS. The number of rotatable bonds is 6. The number of hydrogen-bond donors (Lipinski definition) is 1. The van der Waals surface area contributed by atoms with Crippen molar-refractivity contribution >= 4 is 11.8 Å². The molecule has 1 saturated heterocycles. The molecule has 1 N–H and O–H groups in total. The number of thioether (sulfide) groups is 1. The number of aromatic nitrogens is 2. The van der Waals surface area contributed by atoms with Crippen LogP contribution in [0.3, 0.4) is 0 Å². The second kappa shape index (κ2) is 6.83. The van der Waals surface area contributed by atoms with Gasteiger partial charge in [0.1, 0.15) is 5.03 Å². The minimum Gasteiger partial charge on any atom is -0.381 e. The fraction of sp³-hybridized carbons (Fsp3) is 0.636. The molecule has 4 nitrogen and oxygen atoms in total. The number of ether oxygens (including phenoxy) is 1. The molecule has 2 rings (SSSR count). The summed E-state index contributed by atoms with van der Waals surface area (Å²) in [6, 6.07) is 0. The van der Waals surface area contributed by atoms with Gasteiger partial charge in [-0.3, -0.25) is 4.98 Å². The quantitative estimate of drug-likeness (QED) is 0.597. The van der Waals surface area contributed by atoms with Gasteiger partial charge in [0.2, 0.25) is 0 Å². The van der Waals surface area contributed by atoms with Gasteiger partial charge in [0.05, 0.1) is 12.8 Å². The Balaban J connectivity index is 1.52. The Morgan fingerprint density at radius 1 is 1.50 bits per heavy atom. The zero-order chi connectivity index (χ0) is 11.1. The summed E-state index contributed by atoms with van der Waals surface area (Å²) >= 11 is 1.74. The molecule has 5 heteroatoms. The first-order valence-electron chi connectivity index (χ1n) is 5.62. The van der Waals surface area contributed by atoms with Crippen molar-refractivity contribution in [1.29, 1.82) is 0 Å². The number of nitrogens with one attached hydrogen (secondary N) is 1. The van der Waals surface area contributed by atoms with Crippen molar-refractivity contribution < 1.29 is 4.74 Å². The van der Waals surface area contributed by atoms with E-state index in [1.165, 1.54) is 6.42 Å². The van der Waals surface area contributed by atoms with E-state index in [4.69, 9.17) is 4.74 Å². The fourth-order valence-electron chi connectivity index (χ4n) is 1.64. The molecule has 1 aromatic rings. The van der Waals surface area contributed by atoms with Crippen LogP contribution in [0.2, 0.25) is 0 Å². The van der Waals surface area contributed by atoms with Crippen LogP contribution >= 0.6 is 11.8 Å². The highest BCUT2D eigenvalue weighted by atomic mass is 32.2. The van der Waals surface area contributed by atoms with Gasteiger partial charge < -0.3 is 10.1 Å². The lowest BCUT2D eigenvalue weighted by atomic mass is 10.1. The summed E-state index contributed by atoms with van der Waals surface area (Å²) in [7, 11) is 0. The number of hydrogen-bond acceptors (Lipinski definition) is 5. The van der Waals surface area contributed by atoms with Gasteiger partial charge in [-0.25, -0.2) is 4.98 Å². The highest BCUT2D eigenvalue weighted by Gasteiger charge is 2.14. The second-order valence-electron chi connectivity index (χ2n) is 3.83. The molecule has 0 bridgehead atoms. The van der Waals surface area contributed by atoms with E-state index in [-0.39, 0.29) is 0 Å². The van der Waals surface area contributed by atoms with Crippen molar-refractivity contribution in [2.45, 2.75) is 11.4 Å². The van der Waals surface area contributed by atoms with Crippen molar-refractivity contribution in [3.8, 4) is 0 Å². The Labute approximate surface area is 100 Å². The molecule has 0 amide bonds. The largest absolute Gasteiger partial charge is 0.381 e. The van der Waals surface area contributed by atoms with Crippen LogP contribution in [0.4, 0.5) is 0 Å². The molecule has 16 heavy (non-hydrogen) atoms. The van der Waals surface area contributed by atoms with Crippen molar-refractivity contribution in [3.63, 3.8) is 0 Å². The average molecular weight is 239 g/mol. The summed E-state index contributed by atoms with van der Waals surface area (Å²) < 4.78 is 5.32. The zero-order valence-corrected chi connectivity index (χ0v) is 10.1. The molecule has 0 aliphatic carbocycles. The van der Waals surface area contributed by atoms with Crippen LogP contribution in [0.25, 0.3) is 0 Å². The molecule has 1 aliphatic rings. The fourth-order valence-corrected chi connectivity index (χ4v) is 2.36. The summed E-state index contributed by atoms with van der Waals surface area (Å²) in [4.78, 5) is 8.23. The molecule has 0 radical (unpaired) electrons. The first kappa shape index (κ1) is 11.8. The summed E-state index contributed by atoms with van der Waals surface area (Å²) in [6.45, 7) is 3.93. The Morgan fingerprint density at radius 2 is 2.50 bits per heavy atom. The molecule has 1 fully saturated rings. The number of nitrogens with zero attached hydrogens (tertiary/aromatic N) is 2. The van der Waals surface area contributed by atoms with E-state index in [1.807, 2.05) is 0 Å². The van der Waals surface area contributed by atoms with Crippen molar-refractivity contribution in [2.75, 3.05) is 32.1 Å². The first-order chi connectivity index (χ1) is 7.95. The minimum atomic E-state index is 0.710. The predicted octanol–water partition coefficient (Wildman–Crippen LogP) is 1.19. The standard InChI is InChI=1S/C11H17N3OS/c1-5-15-9-10(1)7-13-4-6-16-11-8-12-2-3-14-11/h2-3,8,10,13H,1,4-7,9H2. The normalized spacial score (nSPS) is 20.1. The first-order valence-corrected chi connectivity index (χ1v) is 6.61. The molecule has 1 aromatic heterocycles. The van der Waals surface area contributed by atoms with Gasteiger partial charge in [-0.1, -0.05) is 0 Å². The highest BCUT2D eigenvalue weighted by molar-refractivity contribution is 7.99. The van der Waals surface area contributed by atoms with E-state index in [9.17, 15) is 0 Å². The molecule has 1 aliphatic heterocycles. The lowest BCUT2D eigenvalue weighted by Gasteiger charge is -2.08. The zero-order valence-electron chi connectivity index (χ0n) is 9.26. The Kier molecular flexibility index (Phi) is 5.05. The van der Waals surface area contributed by atoms with Gasteiger partial charge in [-0.2, -0.15) is 0 Å². The van der Waals surface area contributed by atoms with Crippen molar-refractivity contribution in [2.24, 2.45) is 5.92 Å². The molecule has 0 aromatic carbocycles. The van der Waals surface area contributed by atoms with Crippen molar-refractivity contribution in [3.05, 3.63) is 18.6 Å². The SMILES string of the molecule is c1cnc(SCCNCC2CCOC2)cn1. The lowest BCUT2D eigenvalue weighted by molar-refractivity contribution is 0.185. The Morgan fingerprint density at radius 3 is 3.25 bits per heavy atom. The van der Waals surface area contributed by atoms with E-state index >= 15 is 0 Å². The van der Waals surface area contributed by atoms with E-state index in [0.29, 0.717) is 5.92 Å². The van der Waals surface area contributed by atoms with E-state index in [2.05, 4.69) is 15.3 Å².